The van der Waals surface area contributed by atoms with Gasteiger partial charge in [0.1, 0.15) is 0 Å². The van der Waals surface area contributed by atoms with E-state index >= 15 is 0 Å². The van der Waals surface area contributed by atoms with E-state index in [0.29, 0.717) is 16.5 Å². The minimum Gasteiger partial charge on any atom is -0.409 e. The predicted octanol–water partition coefficient (Wildman–Crippen LogP) is 2.09. The summed E-state index contributed by atoms with van der Waals surface area (Å²) in [6, 6.07) is 6.96. The number of rotatable bonds is 3. The summed E-state index contributed by atoms with van der Waals surface area (Å²) in [6.45, 7) is 4.45. The molecule has 1 saturated carbocycles. The average Bonchev–Trinajstić information content (AvgIpc) is 2.77. The van der Waals surface area contributed by atoms with Gasteiger partial charge in [-0.2, -0.15) is 0 Å². The maximum absolute atomic E-state index is 12.1. The lowest BCUT2D eigenvalue weighted by Gasteiger charge is -2.17. The van der Waals surface area contributed by atoms with Crippen LogP contribution in [-0.4, -0.2) is 23.0 Å². The van der Waals surface area contributed by atoms with Crippen molar-refractivity contribution in [1.29, 1.82) is 0 Å². The molecule has 0 heterocycles. The normalized spacial score (nSPS) is 21.7. The van der Waals surface area contributed by atoms with E-state index in [-0.39, 0.29) is 17.8 Å². The molecule has 1 unspecified atom stereocenters. The molecule has 108 valence electrons. The number of nitrogens with two attached hydrogens (primary N) is 1. The molecule has 0 aromatic heterocycles. The van der Waals surface area contributed by atoms with Crippen molar-refractivity contribution >= 4 is 11.7 Å². The number of amidine groups is 1. The lowest BCUT2D eigenvalue weighted by Crippen LogP contribution is -2.33. The first-order valence-corrected chi connectivity index (χ1v) is 6.80. The van der Waals surface area contributed by atoms with Crippen LogP contribution in [0.15, 0.2) is 29.4 Å². The van der Waals surface area contributed by atoms with Crippen LogP contribution < -0.4 is 11.1 Å². The van der Waals surface area contributed by atoms with Crippen molar-refractivity contribution in [1.82, 2.24) is 5.32 Å². The van der Waals surface area contributed by atoms with Gasteiger partial charge in [0.25, 0.3) is 5.91 Å². The molecular weight excluding hydrogens is 254 g/mol. The quantitative estimate of drug-likeness (QED) is 0.341. The molecule has 4 N–H and O–H groups in total. The molecule has 1 amide bonds. The second-order valence-electron chi connectivity index (χ2n) is 6.14. The zero-order valence-electron chi connectivity index (χ0n) is 11.9. The molecule has 1 aliphatic rings. The Morgan fingerprint density at radius 1 is 1.35 bits per heavy atom. The summed E-state index contributed by atoms with van der Waals surface area (Å²) < 4.78 is 0. The van der Waals surface area contributed by atoms with Crippen molar-refractivity contribution < 1.29 is 10.0 Å². The first kappa shape index (κ1) is 14.4. The molecule has 0 spiro atoms. The number of hydrogen-bond donors (Lipinski definition) is 3. The van der Waals surface area contributed by atoms with Gasteiger partial charge in [0.05, 0.1) is 0 Å². The first-order chi connectivity index (χ1) is 9.41. The van der Waals surface area contributed by atoms with Crippen molar-refractivity contribution in [3.8, 4) is 0 Å². The molecule has 1 aromatic rings. The standard InChI is InChI=1S/C15H21N3O2/c1-15(2)8-7-12(9-15)17-14(19)11-5-3-10(4-6-11)13(16)18-20/h3-6,12,20H,7-9H2,1-2H3,(H2,16,18)(H,17,19). The molecule has 5 nitrogen and oxygen atoms in total. The second kappa shape index (κ2) is 5.53. The lowest BCUT2D eigenvalue weighted by molar-refractivity contribution is 0.0936. The molecular formula is C15H21N3O2. The molecule has 2 rings (SSSR count). The van der Waals surface area contributed by atoms with Crippen molar-refractivity contribution in [2.45, 2.75) is 39.2 Å². The summed E-state index contributed by atoms with van der Waals surface area (Å²) in [4.78, 5) is 12.1. The number of amides is 1. The first-order valence-electron chi connectivity index (χ1n) is 6.80. The Hall–Kier alpha value is -2.04. The van der Waals surface area contributed by atoms with Crippen LogP contribution in [0, 0.1) is 5.41 Å². The Balaban J connectivity index is 2.00. The Labute approximate surface area is 118 Å². The maximum Gasteiger partial charge on any atom is 0.251 e. The van der Waals surface area contributed by atoms with Gasteiger partial charge >= 0.3 is 0 Å². The fourth-order valence-electron chi connectivity index (χ4n) is 2.68. The van der Waals surface area contributed by atoms with E-state index in [2.05, 4.69) is 24.3 Å². The van der Waals surface area contributed by atoms with Crippen LogP contribution in [0.1, 0.15) is 49.0 Å². The molecule has 5 heteroatoms. The van der Waals surface area contributed by atoms with Crippen molar-refractivity contribution in [3.63, 3.8) is 0 Å². The van der Waals surface area contributed by atoms with E-state index in [9.17, 15) is 4.79 Å². The highest BCUT2D eigenvalue weighted by Gasteiger charge is 2.31. The van der Waals surface area contributed by atoms with Gasteiger partial charge in [-0.05, 0) is 36.8 Å². The van der Waals surface area contributed by atoms with E-state index in [1.165, 1.54) is 0 Å². The van der Waals surface area contributed by atoms with Crippen LogP contribution in [-0.2, 0) is 0 Å². The van der Waals surface area contributed by atoms with Crippen molar-refractivity contribution in [2.75, 3.05) is 0 Å². The van der Waals surface area contributed by atoms with Gasteiger partial charge < -0.3 is 16.3 Å². The van der Waals surface area contributed by atoms with Gasteiger partial charge in [-0.15, -0.1) is 0 Å². The summed E-state index contributed by atoms with van der Waals surface area (Å²) in [5.41, 5.74) is 6.97. The summed E-state index contributed by atoms with van der Waals surface area (Å²) in [7, 11) is 0. The van der Waals surface area contributed by atoms with Gasteiger partial charge in [0.15, 0.2) is 5.84 Å². The number of nitrogens with zero attached hydrogens (tertiary/aromatic N) is 1. The highest BCUT2D eigenvalue weighted by molar-refractivity contribution is 5.99. The zero-order valence-corrected chi connectivity index (χ0v) is 11.9. The van der Waals surface area contributed by atoms with Crippen LogP contribution >= 0.6 is 0 Å². The number of benzene rings is 1. The summed E-state index contributed by atoms with van der Waals surface area (Å²) in [5.74, 6) is -0.0340. The molecule has 1 aromatic carbocycles. The van der Waals surface area contributed by atoms with Crippen molar-refractivity contribution in [2.24, 2.45) is 16.3 Å². The monoisotopic (exact) mass is 275 g/mol. The molecule has 0 aliphatic heterocycles. The molecule has 0 saturated heterocycles. The smallest absolute Gasteiger partial charge is 0.251 e. The average molecular weight is 275 g/mol. The van der Waals surface area contributed by atoms with E-state index in [4.69, 9.17) is 10.9 Å². The van der Waals surface area contributed by atoms with E-state index in [1.807, 2.05) is 0 Å². The van der Waals surface area contributed by atoms with Crippen LogP contribution in [0.4, 0.5) is 0 Å². The van der Waals surface area contributed by atoms with Crippen LogP contribution in [0.25, 0.3) is 0 Å². The molecule has 0 bridgehead atoms. The lowest BCUT2D eigenvalue weighted by atomic mass is 9.92. The van der Waals surface area contributed by atoms with Gasteiger partial charge in [-0.1, -0.05) is 31.1 Å². The third-order valence-electron chi connectivity index (χ3n) is 3.85. The van der Waals surface area contributed by atoms with E-state index in [0.717, 1.165) is 19.3 Å². The maximum atomic E-state index is 12.1. The van der Waals surface area contributed by atoms with Gasteiger partial charge in [0.2, 0.25) is 0 Å². The molecule has 20 heavy (non-hydrogen) atoms. The number of nitrogens with one attached hydrogen (secondary N) is 1. The third-order valence-corrected chi connectivity index (χ3v) is 3.85. The molecule has 1 aliphatic carbocycles. The fraction of sp³-hybridized carbons (Fsp3) is 0.467. The van der Waals surface area contributed by atoms with Crippen LogP contribution in [0.2, 0.25) is 0 Å². The largest absolute Gasteiger partial charge is 0.409 e. The summed E-state index contributed by atoms with van der Waals surface area (Å²) in [6.07, 6.45) is 3.18. The Morgan fingerprint density at radius 3 is 2.45 bits per heavy atom. The SMILES string of the molecule is CC1(C)CCC(NC(=O)c2ccc(/C(N)=N/O)cc2)C1. The Bertz CT molecular complexity index is 520. The predicted molar refractivity (Wildman–Crippen MR) is 77.8 cm³/mol. The van der Waals surface area contributed by atoms with E-state index < -0.39 is 0 Å². The van der Waals surface area contributed by atoms with Crippen LogP contribution in [0.5, 0.6) is 0 Å². The Morgan fingerprint density at radius 2 is 1.95 bits per heavy atom. The Kier molecular flexibility index (Phi) is 3.97. The molecule has 0 radical (unpaired) electrons. The third kappa shape index (κ3) is 3.29. The highest BCUT2D eigenvalue weighted by Crippen LogP contribution is 2.36. The van der Waals surface area contributed by atoms with Gasteiger partial charge in [-0.25, -0.2) is 0 Å². The molecule has 1 fully saturated rings. The van der Waals surface area contributed by atoms with Gasteiger partial charge in [0, 0.05) is 17.2 Å². The van der Waals surface area contributed by atoms with Gasteiger partial charge in [-0.3, -0.25) is 4.79 Å². The number of carbonyl (C=O) groups is 1. The second-order valence-corrected chi connectivity index (χ2v) is 6.14. The summed E-state index contributed by atoms with van der Waals surface area (Å²) in [5, 5.41) is 14.6. The highest BCUT2D eigenvalue weighted by atomic mass is 16.4. The fourth-order valence-corrected chi connectivity index (χ4v) is 2.68. The van der Waals surface area contributed by atoms with E-state index in [1.54, 1.807) is 24.3 Å². The minimum absolute atomic E-state index is 0.0366. The zero-order chi connectivity index (χ0) is 14.8. The van der Waals surface area contributed by atoms with Crippen molar-refractivity contribution in [3.05, 3.63) is 35.4 Å². The number of hydrogen-bond acceptors (Lipinski definition) is 3. The number of carbonyl (C=O) groups excluding carboxylic acids is 1. The minimum atomic E-state index is -0.0706. The van der Waals surface area contributed by atoms with Crippen LogP contribution in [0.3, 0.4) is 0 Å². The topological polar surface area (TPSA) is 87.7 Å². The molecule has 1 atom stereocenters. The number of oxime groups is 1. The summed E-state index contributed by atoms with van der Waals surface area (Å²) >= 11 is 0.